The highest BCUT2D eigenvalue weighted by Gasteiger charge is 2.43. The van der Waals surface area contributed by atoms with E-state index in [1.807, 2.05) is 32.2 Å². The average Bonchev–Trinajstić information content (AvgIpc) is 3.28. The average molecular weight is 507 g/mol. The van der Waals surface area contributed by atoms with E-state index < -0.39 is 35.6 Å². The van der Waals surface area contributed by atoms with Gasteiger partial charge in [0, 0.05) is 24.3 Å². The van der Waals surface area contributed by atoms with Crippen LogP contribution in [-0.2, 0) is 20.9 Å². The van der Waals surface area contributed by atoms with Crippen molar-refractivity contribution in [3.63, 3.8) is 0 Å². The summed E-state index contributed by atoms with van der Waals surface area (Å²) in [6.45, 7) is 9.54. The number of carbonyl (C=O) groups is 2. The van der Waals surface area contributed by atoms with Gasteiger partial charge in [0.15, 0.2) is 0 Å². The van der Waals surface area contributed by atoms with Crippen LogP contribution in [0.2, 0.25) is 0 Å². The van der Waals surface area contributed by atoms with Crippen LogP contribution in [0.4, 0.5) is 0 Å². The molecule has 0 aromatic carbocycles. The molecule has 1 aliphatic rings. The molecule has 5 unspecified atom stereocenters. The monoisotopic (exact) mass is 506 g/mol. The van der Waals surface area contributed by atoms with Gasteiger partial charge in [-0.2, -0.15) is 0 Å². The fraction of sp³-hybridized carbons (Fsp3) is 0.667. The molecule has 7 nitrogen and oxygen atoms in total. The van der Waals surface area contributed by atoms with Crippen molar-refractivity contribution >= 4 is 29.2 Å². The fourth-order valence-electron chi connectivity index (χ4n) is 4.41. The lowest BCUT2D eigenvalue weighted by atomic mass is 9.71. The quantitative estimate of drug-likeness (QED) is 0.408. The minimum atomic E-state index is -1.22. The van der Waals surface area contributed by atoms with Crippen LogP contribution < -0.4 is 5.73 Å². The maximum Gasteiger partial charge on any atom is 0.309 e. The second-order valence-corrected chi connectivity index (χ2v) is 11.2. The second-order valence-electron chi connectivity index (χ2n) is 10.2. The Balaban J connectivity index is 2.29. The summed E-state index contributed by atoms with van der Waals surface area (Å²) in [5.74, 6) is -1.44. The number of rotatable bonds is 4. The number of nitrogens with zero attached hydrogens (tertiary/aromatic N) is 1. The SMILES string of the molecule is CCC1C(=O)C(C)(C)C(O)CC(=O)OC(C=Cc2csc(CN)n2)C/C=C(/C)CCCC(C)C1O. The molecule has 35 heavy (non-hydrogen) atoms. The van der Waals surface area contributed by atoms with E-state index in [1.165, 1.54) is 16.9 Å². The minimum Gasteiger partial charge on any atom is -0.458 e. The van der Waals surface area contributed by atoms with Gasteiger partial charge in [-0.1, -0.05) is 39.3 Å². The highest BCUT2D eigenvalue weighted by molar-refractivity contribution is 7.09. The van der Waals surface area contributed by atoms with Crippen molar-refractivity contribution in [2.75, 3.05) is 0 Å². The lowest BCUT2D eigenvalue weighted by molar-refractivity contribution is -0.154. The first-order valence-corrected chi connectivity index (χ1v) is 13.5. The van der Waals surface area contributed by atoms with Crippen LogP contribution >= 0.6 is 11.3 Å². The number of hydrogen-bond acceptors (Lipinski definition) is 8. The zero-order valence-electron chi connectivity index (χ0n) is 21.7. The first-order chi connectivity index (χ1) is 16.5. The van der Waals surface area contributed by atoms with Gasteiger partial charge in [0.1, 0.15) is 16.9 Å². The minimum absolute atomic E-state index is 0.0466. The van der Waals surface area contributed by atoms with E-state index in [4.69, 9.17) is 10.5 Å². The highest BCUT2D eigenvalue weighted by Crippen LogP contribution is 2.33. The van der Waals surface area contributed by atoms with E-state index in [1.54, 1.807) is 19.9 Å². The van der Waals surface area contributed by atoms with E-state index >= 15 is 0 Å². The lowest BCUT2D eigenvalue weighted by Crippen LogP contribution is -2.46. The second kappa shape index (κ2) is 13.4. The summed E-state index contributed by atoms with van der Waals surface area (Å²) in [4.78, 5) is 30.5. The summed E-state index contributed by atoms with van der Waals surface area (Å²) >= 11 is 1.48. The summed E-state index contributed by atoms with van der Waals surface area (Å²) in [6, 6.07) is 0. The van der Waals surface area contributed by atoms with Crippen molar-refractivity contribution in [1.29, 1.82) is 0 Å². The Hall–Kier alpha value is -1.87. The number of aliphatic hydroxyl groups is 2. The van der Waals surface area contributed by atoms with Gasteiger partial charge < -0.3 is 20.7 Å². The van der Waals surface area contributed by atoms with Crippen LogP contribution in [0.15, 0.2) is 23.1 Å². The Labute approximate surface area is 213 Å². The predicted octanol–water partition coefficient (Wildman–Crippen LogP) is 4.42. The largest absolute Gasteiger partial charge is 0.458 e. The zero-order chi connectivity index (χ0) is 26.2. The number of ketones is 1. The van der Waals surface area contributed by atoms with E-state index in [2.05, 4.69) is 11.1 Å². The molecule has 8 heteroatoms. The Morgan fingerprint density at radius 2 is 2.03 bits per heavy atom. The molecule has 4 N–H and O–H groups in total. The molecule has 5 atom stereocenters. The summed E-state index contributed by atoms with van der Waals surface area (Å²) in [5.41, 5.74) is 6.38. The third-order valence-electron chi connectivity index (χ3n) is 7.04. The third-order valence-corrected chi connectivity index (χ3v) is 7.93. The van der Waals surface area contributed by atoms with Gasteiger partial charge >= 0.3 is 5.97 Å². The number of hydrogen-bond donors (Lipinski definition) is 3. The first-order valence-electron chi connectivity index (χ1n) is 12.6. The molecule has 196 valence electrons. The van der Waals surface area contributed by atoms with Crippen LogP contribution in [0, 0.1) is 17.3 Å². The van der Waals surface area contributed by atoms with Crippen LogP contribution in [0.5, 0.6) is 0 Å². The normalized spacial score (nSPS) is 31.2. The van der Waals surface area contributed by atoms with Gasteiger partial charge in [-0.15, -0.1) is 11.3 Å². The van der Waals surface area contributed by atoms with E-state index in [0.29, 0.717) is 19.4 Å². The van der Waals surface area contributed by atoms with Crippen molar-refractivity contribution in [2.45, 2.75) is 98.0 Å². The van der Waals surface area contributed by atoms with Crippen LogP contribution in [0.3, 0.4) is 0 Å². The summed E-state index contributed by atoms with van der Waals surface area (Å²) in [6.07, 6.45) is 6.36. The number of cyclic esters (lactones) is 1. The van der Waals surface area contributed by atoms with Gasteiger partial charge in [-0.05, 0) is 50.7 Å². The molecule has 1 aromatic heterocycles. The maximum atomic E-state index is 13.4. The van der Waals surface area contributed by atoms with Crippen molar-refractivity contribution in [1.82, 2.24) is 4.98 Å². The van der Waals surface area contributed by atoms with Crippen LogP contribution in [0.1, 0.15) is 83.8 Å². The maximum absolute atomic E-state index is 13.4. The number of esters is 1. The number of allylic oxidation sites excluding steroid dienone is 1. The van der Waals surface area contributed by atoms with Gasteiger partial charge in [-0.25, -0.2) is 4.98 Å². The number of aliphatic hydroxyl groups excluding tert-OH is 2. The molecule has 0 aliphatic carbocycles. The number of thiazole rings is 1. The number of Topliss-reactive ketones (excluding diaryl/α,β-unsaturated/α-hetero) is 1. The molecule has 2 heterocycles. The molecule has 2 rings (SSSR count). The van der Waals surface area contributed by atoms with Crippen molar-refractivity contribution in [2.24, 2.45) is 23.0 Å². The molecule has 0 bridgehead atoms. The predicted molar refractivity (Wildman–Crippen MR) is 140 cm³/mol. The summed E-state index contributed by atoms with van der Waals surface area (Å²) in [5, 5.41) is 24.5. The van der Waals surface area contributed by atoms with Gasteiger partial charge in [-0.3, -0.25) is 9.59 Å². The Bertz CT molecular complexity index is 907. The van der Waals surface area contributed by atoms with Gasteiger partial charge in [0.2, 0.25) is 0 Å². The molecule has 1 aliphatic heterocycles. The van der Waals surface area contributed by atoms with E-state index in [9.17, 15) is 19.8 Å². The standard InChI is InChI=1S/C27H42N2O5S/c1-6-21-25(32)18(3)9-7-8-17(2)10-12-20(13-11-19-16-35-23(15-28)29-19)34-24(31)14-22(30)27(4,5)26(21)33/h10-11,13,16,18,20-22,25,30,32H,6-9,12,14-15,28H2,1-5H3/b13-11?,17-10-. The lowest BCUT2D eigenvalue weighted by Gasteiger charge is -2.35. The molecule has 0 saturated carbocycles. The van der Waals surface area contributed by atoms with Crippen molar-refractivity contribution in [3.05, 3.63) is 33.8 Å². The van der Waals surface area contributed by atoms with Gasteiger partial charge in [0.05, 0.1) is 29.7 Å². The van der Waals surface area contributed by atoms with Crippen LogP contribution in [0.25, 0.3) is 6.08 Å². The Morgan fingerprint density at radius 1 is 1.31 bits per heavy atom. The number of carbonyl (C=O) groups excluding carboxylic acids is 2. The molecule has 0 amide bonds. The summed E-state index contributed by atoms with van der Waals surface area (Å²) in [7, 11) is 0. The van der Waals surface area contributed by atoms with Crippen LogP contribution in [-0.4, -0.2) is 45.3 Å². The number of aromatic nitrogens is 1. The van der Waals surface area contributed by atoms with Crippen molar-refractivity contribution in [3.8, 4) is 0 Å². The number of ether oxygens (including phenoxy) is 1. The molecular weight excluding hydrogens is 464 g/mol. The van der Waals surface area contributed by atoms with Gasteiger partial charge in [0.25, 0.3) is 0 Å². The van der Waals surface area contributed by atoms with E-state index in [-0.39, 0.29) is 18.1 Å². The Morgan fingerprint density at radius 3 is 2.66 bits per heavy atom. The number of nitrogens with two attached hydrogens (primary N) is 1. The molecular formula is C27H42N2O5S. The molecule has 0 fully saturated rings. The fourth-order valence-corrected chi connectivity index (χ4v) is 5.05. The summed E-state index contributed by atoms with van der Waals surface area (Å²) < 4.78 is 5.70. The van der Waals surface area contributed by atoms with Crippen molar-refractivity contribution < 1.29 is 24.5 Å². The smallest absolute Gasteiger partial charge is 0.309 e. The van der Waals surface area contributed by atoms with E-state index in [0.717, 1.165) is 30.0 Å². The molecule has 0 radical (unpaired) electrons. The third kappa shape index (κ3) is 8.34. The first kappa shape index (κ1) is 29.4. The highest BCUT2D eigenvalue weighted by atomic mass is 32.1. The zero-order valence-corrected chi connectivity index (χ0v) is 22.5. The topological polar surface area (TPSA) is 123 Å². The molecule has 0 saturated heterocycles. The Kier molecular flexibility index (Phi) is 11.3. The molecule has 0 spiro atoms. The molecule has 1 aromatic rings.